The lowest BCUT2D eigenvalue weighted by Gasteiger charge is -2.37. The molecule has 1 aliphatic heterocycles. The molecular weight excluding hydrogens is 527 g/mol. The third kappa shape index (κ3) is 6.99. The highest BCUT2D eigenvalue weighted by Gasteiger charge is 2.20. The van der Waals surface area contributed by atoms with Crippen molar-refractivity contribution in [3.05, 3.63) is 54.6 Å². The van der Waals surface area contributed by atoms with Crippen LogP contribution < -0.4 is 15.0 Å². The fraction of sp³-hybridized carbons (Fsp3) is 0.409. The number of hydrogen-bond donors (Lipinski definition) is 1. The van der Waals surface area contributed by atoms with Crippen LogP contribution in [0.1, 0.15) is 6.92 Å². The summed E-state index contributed by atoms with van der Waals surface area (Å²) >= 11 is 0. The number of nitrogens with zero attached hydrogens (tertiary/aromatic N) is 3. The minimum Gasteiger partial charge on any atom is -0.497 e. The first-order valence-electron chi connectivity index (χ1n) is 10.2. The largest absolute Gasteiger partial charge is 0.497 e. The van der Waals surface area contributed by atoms with Crippen LogP contribution in [0.25, 0.3) is 0 Å². The van der Waals surface area contributed by atoms with Gasteiger partial charge in [0.15, 0.2) is 15.8 Å². The number of guanidine groups is 1. The molecule has 0 atom stereocenters. The second-order valence-electron chi connectivity index (χ2n) is 7.04. The Labute approximate surface area is 202 Å². The van der Waals surface area contributed by atoms with Crippen LogP contribution in [0.3, 0.4) is 0 Å². The molecule has 0 amide bonds. The smallest absolute Gasteiger partial charge is 0.194 e. The van der Waals surface area contributed by atoms with Gasteiger partial charge in [-0.25, -0.2) is 8.42 Å². The van der Waals surface area contributed by atoms with Crippen molar-refractivity contribution >= 4 is 45.5 Å². The van der Waals surface area contributed by atoms with Crippen molar-refractivity contribution in [3.63, 3.8) is 0 Å². The van der Waals surface area contributed by atoms with Gasteiger partial charge in [-0.2, -0.15) is 0 Å². The zero-order chi connectivity index (χ0) is 21.4. The van der Waals surface area contributed by atoms with E-state index in [-0.39, 0.29) is 36.3 Å². The number of nitrogens with one attached hydrogen (secondary N) is 1. The van der Waals surface area contributed by atoms with Gasteiger partial charge in [-0.15, -0.1) is 24.0 Å². The summed E-state index contributed by atoms with van der Waals surface area (Å²) in [7, 11) is -1.66. The Kier molecular flexibility index (Phi) is 9.89. The number of sulfone groups is 1. The van der Waals surface area contributed by atoms with Crippen LogP contribution >= 0.6 is 24.0 Å². The third-order valence-corrected chi connectivity index (χ3v) is 6.79. The molecule has 2 aromatic rings. The lowest BCUT2D eigenvalue weighted by atomic mass is 10.2. The van der Waals surface area contributed by atoms with E-state index in [0.29, 0.717) is 4.90 Å². The van der Waals surface area contributed by atoms with Crippen molar-refractivity contribution in [2.45, 2.75) is 11.8 Å². The summed E-state index contributed by atoms with van der Waals surface area (Å²) in [5.41, 5.74) is 1.17. The van der Waals surface area contributed by atoms with E-state index in [2.05, 4.69) is 32.2 Å². The molecular formula is C22H31IN4O3S. The topological polar surface area (TPSA) is 74.2 Å². The van der Waals surface area contributed by atoms with Gasteiger partial charge >= 0.3 is 0 Å². The molecule has 0 spiro atoms. The monoisotopic (exact) mass is 558 g/mol. The normalized spacial score (nSPS) is 14.7. The molecule has 1 aliphatic rings. The highest BCUT2D eigenvalue weighted by atomic mass is 127. The van der Waals surface area contributed by atoms with Gasteiger partial charge in [0.2, 0.25) is 0 Å². The van der Waals surface area contributed by atoms with Crippen LogP contribution in [0.4, 0.5) is 5.69 Å². The van der Waals surface area contributed by atoms with Crippen molar-refractivity contribution in [3.8, 4) is 5.75 Å². The van der Waals surface area contributed by atoms with E-state index in [0.717, 1.165) is 44.4 Å². The van der Waals surface area contributed by atoms with Gasteiger partial charge < -0.3 is 19.9 Å². The minimum absolute atomic E-state index is 0. The van der Waals surface area contributed by atoms with Crippen molar-refractivity contribution in [2.75, 3.05) is 57.0 Å². The maximum absolute atomic E-state index is 12.5. The van der Waals surface area contributed by atoms with E-state index in [1.165, 1.54) is 5.69 Å². The molecule has 0 unspecified atom stereocenters. The summed E-state index contributed by atoms with van der Waals surface area (Å²) in [5, 5.41) is 3.29. The second kappa shape index (κ2) is 12.1. The van der Waals surface area contributed by atoms with Crippen LogP contribution in [0.15, 0.2) is 64.5 Å². The lowest BCUT2D eigenvalue weighted by Crippen LogP contribution is -2.52. The van der Waals surface area contributed by atoms with Crippen LogP contribution in [-0.4, -0.2) is 71.4 Å². The molecule has 170 valence electrons. The summed E-state index contributed by atoms with van der Waals surface area (Å²) in [4.78, 5) is 9.46. The highest BCUT2D eigenvalue weighted by Crippen LogP contribution is 2.20. The Bertz CT molecular complexity index is 929. The fourth-order valence-electron chi connectivity index (χ4n) is 3.41. The summed E-state index contributed by atoms with van der Waals surface area (Å²) in [6.45, 7) is 6.38. The number of ether oxygens (including phenoxy) is 1. The highest BCUT2D eigenvalue weighted by molar-refractivity contribution is 14.0. The molecule has 2 aromatic carbocycles. The molecule has 0 saturated carbocycles. The predicted molar refractivity (Wildman–Crippen MR) is 137 cm³/mol. The first-order chi connectivity index (χ1) is 14.5. The van der Waals surface area contributed by atoms with Crippen molar-refractivity contribution in [1.82, 2.24) is 10.2 Å². The number of methoxy groups -OCH3 is 1. The first-order valence-corrected chi connectivity index (χ1v) is 11.9. The fourth-order valence-corrected chi connectivity index (χ4v) is 4.55. The van der Waals surface area contributed by atoms with E-state index in [1.54, 1.807) is 31.4 Å². The van der Waals surface area contributed by atoms with Crippen molar-refractivity contribution in [1.29, 1.82) is 0 Å². The number of hydrogen-bond acceptors (Lipinski definition) is 5. The Hall–Kier alpha value is -2.01. The van der Waals surface area contributed by atoms with Crippen LogP contribution in [0, 0.1) is 0 Å². The van der Waals surface area contributed by atoms with Crippen LogP contribution in [0.2, 0.25) is 0 Å². The van der Waals surface area contributed by atoms with Gasteiger partial charge in [-0.1, -0.05) is 18.2 Å². The molecule has 0 aliphatic carbocycles. The maximum Gasteiger partial charge on any atom is 0.194 e. The molecule has 1 heterocycles. The summed E-state index contributed by atoms with van der Waals surface area (Å²) in [6.07, 6.45) is 0. The zero-order valence-corrected chi connectivity index (χ0v) is 21.2. The second-order valence-corrected chi connectivity index (χ2v) is 9.15. The van der Waals surface area contributed by atoms with Crippen LogP contribution in [0.5, 0.6) is 5.75 Å². The summed E-state index contributed by atoms with van der Waals surface area (Å²) in [6, 6.07) is 16.6. The van der Waals surface area contributed by atoms with Gasteiger partial charge in [0, 0.05) is 38.4 Å². The Morgan fingerprint density at radius 3 is 2.26 bits per heavy atom. The number of aliphatic imine (C=N–C) groups is 1. The van der Waals surface area contributed by atoms with Crippen molar-refractivity contribution in [2.24, 2.45) is 4.99 Å². The molecule has 7 nitrogen and oxygen atoms in total. The van der Waals surface area contributed by atoms with Crippen molar-refractivity contribution < 1.29 is 13.2 Å². The quantitative estimate of drug-likeness (QED) is 0.320. The van der Waals surface area contributed by atoms with E-state index in [9.17, 15) is 8.42 Å². The molecule has 3 rings (SSSR count). The first kappa shape index (κ1) is 25.3. The average molecular weight is 558 g/mol. The van der Waals surface area contributed by atoms with Gasteiger partial charge in [-0.3, -0.25) is 4.99 Å². The SMILES string of the molecule is CCNC(=NCCS(=O)(=O)c1ccccc1)N1CCN(c2ccc(OC)cc2)CC1.I. The Morgan fingerprint density at radius 1 is 1.03 bits per heavy atom. The Morgan fingerprint density at radius 2 is 1.68 bits per heavy atom. The Balaban J connectivity index is 0.00000341. The van der Waals surface area contributed by atoms with Gasteiger partial charge in [-0.05, 0) is 43.3 Å². The minimum atomic E-state index is -3.32. The van der Waals surface area contributed by atoms with E-state index >= 15 is 0 Å². The predicted octanol–water partition coefficient (Wildman–Crippen LogP) is 2.87. The lowest BCUT2D eigenvalue weighted by molar-refractivity contribution is 0.372. The standard InChI is InChI=1S/C22H30N4O3S.HI/c1-3-23-22(24-13-18-30(27,28)21-7-5-4-6-8-21)26-16-14-25(15-17-26)19-9-11-20(29-2)12-10-19;/h4-12H,3,13-18H2,1-2H3,(H,23,24);1H. The average Bonchev–Trinajstić information content (AvgIpc) is 2.79. The summed E-state index contributed by atoms with van der Waals surface area (Å²) < 4.78 is 30.2. The van der Waals surface area contributed by atoms with E-state index < -0.39 is 9.84 Å². The molecule has 0 bridgehead atoms. The number of piperazine rings is 1. The molecule has 1 saturated heterocycles. The maximum atomic E-state index is 12.5. The van der Waals surface area contributed by atoms with Gasteiger partial charge in [0.25, 0.3) is 0 Å². The van der Waals surface area contributed by atoms with Gasteiger partial charge in [0.05, 0.1) is 24.3 Å². The number of benzene rings is 2. The van der Waals surface area contributed by atoms with E-state index in [4.69, 9.17) is 4.74 Å². The number of halogens is 1. The third-order valence-electron chi connectivity index (χ3n) is 5.08. The molecule has 1 fully saturated rings. The molecule has 1 N–H and O–H groups in total. The number of anilines is 1. The van der Waals surface area contributed by atoms with Gasteiger partial charge in [0.1, 0.15) is 5.75 Å². The zero-order valence-electron chi connectivity index (χ0n) is 18.0. The molecule has 9 heteroatoms. The molecule has 0 radical (unpaired) electrons. The van der Waals surface area contributed by atoms with Crippen LogP contribution in [-0.2, 0) is 9.84 Å². The molecule has 0 aromatic heterocycles. The number of rotatable bonds is 7. The van der Waals surface area contributed by atoms with E-state index in [1.807, 2.05) is 25.1 Å². The molecule has 31 heavy (non-hydrogen) atoms. The summed E-state index contributed by atoms with van der Waals surface area (Å²) in [5.74, 6) is 1.62.